The molecule has 1 amide bonds. The standard InChI is InChI=1S/C27H31N7O4/c1-17-11-23-21(24-22(25(35)31-23)15-30-34(24)19-3-9-38-10-4-19)12-20(17)26(36)33-7-5-32(6-8-33)16-18-13-28-27(37-2)29-14-18/h11-15,19H,3-10,16H2,1-2H3,(H,31,35). The van der Waals surface area contributed by atoms with Crippen LogP contribution in [0.15, 0.2) is 35.5 Å². The molecule has 3 aromatic heterocycles. The number of H-pyrrole nitrogens is 1. The number of aromatic nitrogens is 5. The Hall–Kier alpha value is -3.83. The van der Waals surface area contributed by atoms with E-state index >= 15 is 0 Å². The van der Waals surface area contributed by atoms with Crippen molar-refractivity contribution in [1.82, 2.24) is 34.5 Å². The third-order valence-electron chi connectivity index (χ3n) is 7.60. The third kappa shape index (κ3) is 4.52. The average Bonchev–Trinajstić information content (AvgIpc) is 3.40. The SMILES string of the molecule is COc1ncc(CN2CCN(C(=O)c3cc4c(cc3C)[nH]c(=O)c3cnn(C5CCOCC5)c34)CC2)cn1. The van der Waals surface area contributed by atoms with Crippen molar-refractivity contribution >= 4 is 27.7 Å². The van der Waals surface area contributed by atoms with Gasteiger partial charge < -0.3 is 19.4 Å². The molecule has 0 saturated carbocycles. The Kier molecular flexibility index (Phi) is 6.54. The van der Waals surface area contributed by atoms with Crippen LogP contribution in [0.4, 0.5) is 0 Å². The molecular formula is C27H31N7O4. The highest BCUT2D eigenvalue weighted by Crippen LogP contribution is 2.30. The van der Waals surface area contributed by atoms with Gasteiger partial charge in [0.1, 0.15) is 0 Å². The van der Waals surface area contributed by atoms with Crippen molar-refractivity contribution in [3.05, 3.63) is 57.8 Å². The molecular weight excluding hydrogens is 486 g/mol. The third-order valence-corrected chi connectivity index (χ3v) is 7.60. The fourth-order valence-electron chi connectivity index (χ4n) is 5.50. The Bertz CT molecular complexity index is 1530. The summed E-state index contributed by atoms with van der Waals surface area (Å²) in [6.45, 7) is 6.79. The predicted molar refractivity (Wildman–Crippen MR) is 141 cm³/mol. The summed E-state index contributed by atoms with van der Waals surface area (Å²) in [4.78, 5) is 42.1. The topological polar surface area (TPSA) is 118 Å². The van der Waals surface area contributed by atoms with Crippen LogP contribution in [-0.4, -0.2) is 86.9 Å². The van der Waals surface area contributed by atoms with Crippen molar-refractivity contribution in [2.75, 3.05) is 46.5 Å². The molecule has 5 heterocycles. The van der Waals surface area contributed by atoms with Crippen molar-refractivity contribution < 1.29 is 14.3 Å². The van der Waals surface area contributed by atoms with Gasteiger partial charge in [0.15, 0.2) is 0 Å². The molecule has 0 atom stereocenters. The van der Waals surface area contributed by atoms with Crippen LogP contribution in [0.1, 0.15) is 40.4 Å². The first-order valence-corrected chi connectivity index (χ1v) is 13.0. The number of aromatic amines is 1. The van der Waals surface area contributed by atoms with Gasteiger partial charge in [0.05, 0.1) is 35.8 Å². The Balaban J connectivity index is 1.25. The van der Waals surface area contributed by atoms with Gasteiger partial charge in [-0.1, -0.05) is 0 Å². The monoisotopic (exact) mass is 517 g/mol. The number of nitrogens with zero attached hydrogens (tertiary/aromatic N) is 6. The molecule has 0 unspecified atom stereocenters. The summed E-state index contributed by atoms with van der Waals surface area (Å²) in [6, 6.07) is 4.36. The number of carbonyl (C=O) groups excluding carboxylic acids is 1. The van der Waals surface area contributed by atoms with Crippen molar-refractivity contribution in [3.63, 3.8) is 0 Å². The first-order chi connectivity index (χ1) is 18.5. The highest BCUT2D eigenvalue weighted by Gasteiger charge is 2.26. The number of hydrogen-bond acceptors (Lipinski definition) is 8. The zero-order valence-corrected chi connectivity index (χ0v) is 21.6. The molecule has 4 aromatic rings. The molecule has 2 fully saturated rings. The van der Waals surface area contributed by atoms with Gasteiger partial charge in [-0.3, -0.25) is 19.2 Å². The first-order valence-electron chi connectivity index (χ1n) is 13.0. The number of benzene rings is 1. The predicted octanol–water partition coefficient (Wildman–Crippen LogP) is 2.29. The maximum absolute atomic E-state index is 13.7. The van der Waals surface area contributed by atoms with Gasteiger partial charge in [-0.05, 0) is 37.5 Å². The van der Waals surface area contributed by atoms with Crippen LogP contribution in [0.3, 0.4) is 0 Å². The van der Waals surface area contributed by atoms with Gasteiger partial charge in [0, 0.05) is 74.8 Å². The summed E-state index contributed by atoms with van der Waals surface area (Å²) >= 11 is 0. The summed E-state index contributed by atoms with van der Waals surface area (Å²) < 4.78 is 12.5. The number of methoxy groups -OCH3 is 1. The van der Waals surface area contributed by atoms with E-state index in [0.717, 1.165) is 60.0 Å². The lowest BCUT2D eigenvalue weighted by molar-refractivity contribution is 0.0627. The molecule has 6 rings (SSSR count). The van der Waals surface area contributed by atoms with Crippen LogP contribution in [0, 0.1) is 6.92 Å². The summed E-state index contributed by atoms with van der Waals surface area (Å²) in [7, 11) is 1.55. The van der Waals surface area contributed by atoms with Gasteiger partial charge in [-0.25, -0.2) is 9.97 Å². The van der Waals surface area contributed by atoms with Gasteiger partial charge in [-0.15, -0.1) is 0 Å². The number of carbonyl (C=O) groups is 1. The normalized spacial score (nSPS) is 17.4. The van der Waals surface area contributed by atoms with Crippen molar-refractivity contribution in [1.29, 1.82) is 0 Å². The summed E-state index contributed by atoms with van der Waals surface area (Å²) in [6.07, 6.45) is 6.87. The van der Waals surface area contributed by atoms with Crippen LogP contribution in [-0.2, 0) is 11.3 Å². The number of hydrogen-bond donors (Lipinski definition) is 1. The maximum atomic E-state index is 13.7. The van der Waals surface area contributed by atoms with E-state index in [-0.39, 0.29) is 17.5 Å². The minimum atomic E-state index is -0.164. The second-order valence-corrected chi connectivity index (χ2v) is 10.0. The molecule has 2 aliphatic heterocycles. The van der Waals surface area contributed by atoms with E-state index in [2.05, 4.69) is 25.0 Å². The average molecular weight is 518 g/mol. The number of ether oxygens (including phenoxy) is 2. The summed E-state index contributed by atoms with van der Waals surface area (Å²) in [5, 5.41) is 5.98. The fraction of sp³-hybridized carbons (Fsp3) is 0.444. The van der Waals surface area contributed by atoms with Crippen LogP contribution in [0.5, 0.6) is 6.01 Å². The number of aryl methyl sites for hydroxylation is 1. The van der Waals surface area contributed by atoms with E-state index in [1.165, 1.54) is 0 Å². The fourth-order valence-corrected chi connectivity index (χ4v) is 5.50. The number of piperazine rings is 1. The molecule has 11 heteroatoms. The molecule has 0 radical (unpaired) electrons. The zero-order valence-electron chi connectivity index (χ0n) is 21.6. The van der Waals surface area contributed by atoms with Gasteiger partial charge in [0.2, 0.25) is 0 Å². The zero-order chi connectivity index (χ0) is 26.2. The van der Waals surface area contributed by atoms with Crippen LogP contribution < -0.4 is 10.3 Å². The maximum Gasteiger partial charge on any atom is 0.316 e. The van der Waals surface area contributed by atoms with E-state index in [4.69, 9.17) is 9.47 Å². The summed E-state index contributed by atoms with van der Waals surface area (Å²) in [5.41, 5.74) is 3.85. The molecule has 1 aromatic carbocycles. The van der Waals surface area contributed by atoms with Crippen molar-refractivity contribution in [3.8, 4) is 6.01 Å². The molecule has 1 N–H and O–H groups in total. The molecule has 198 valence electrons. The molecule has 38 heavy (non-hydrogen) atoms. The van der Waals surface area contributed by atoms with E-state index in [1.54, 1.807) is 25.7 Å². The van der Waals surface area contributed by atoms with Crippen LogP contribution in [0.2, 0.25) is 0 Å². The number of rotatable bonds is 5. The highest BCUT2D eigenvalue weighted by molar-refractivity contribution is 6.07. The van der Waals surface area contributed by atoms with E-state index in [0.29, 0.717) is 43.3 Å². The molecule has 0 bridgehead atoms. The quantitative estimate of drug-likeness (QED) is 0.428. The highest BCUT2D eigenvalue weighted by atomic mass is 16.5. The minimum Gasteiger partial charge on any atom is -0.467 e. The van der Waals surface area contributed by atoms with Gasteiger partial charge in [-0.2, -0.15) is 5.10 Å². The van der Waals surface area contributed by atoms with Gasteiger partial charge >= 0.3 is 6.01 Å². The minimum absolute atomic E-state index is 0.00770. The first kappa shape index (κ1) is 24.5. The number of amides is 1. The Morgan fingerprint density at radius 2 is 1.82 bits per heavy atom. The summed E-state index contributed by atoms with van der Waals surface area (Å²) in [5.74, 6) is 0.00770. The number of fused-ring (bicyclic) bond motifs is 3. The molecule has 0 spiro atoms. The largest absolute Gasteiger partial charge is 0.467 e. The van der Waals surface area contributed by atoms with Crippen molar-refractivity contribution in [2.24, 2.45) is 0 Å². The smallest absolute Gasteiger partial charge is 0.316 e. The molecule has 2 saturated heterocycles. The molecule has 11 nitrogen and oxygen atoms in total. The van der Waals surface area contributed by atoms with E-state index < -0.39 is 0 Å². The molecule has 0 aliphatic carbocycles. The van der Waals surface area contributed by atoms with Crippen LogP contribution >= 0.6 is 0 Å². The van der Waals surface area contributed by atoms with E-state index in [9.17, 15) is 9.59 Å². The lowest BCUT2D eigenvalue weighted by Crippen LogP contribution is -2.48. The Labute approximate surface area is 219 Å². The lowest BCUT2D eigenvalue weighted by Gasteiger charge is -2.35. The molecule has 2 aliphatic rings. The Morgan fingerprint density at radius 3 is 2.53 bits per heavy atom. The Morgan fingerprint density at radius 1 is 1.08 bits per heavy atom. The van der Waals surface area contributed by atoms with Crippen LogP contribution in [0.25, 0.3) is 21.8 Å². The number of pyridine rings is 1. The lowest BCUT2D eigenvalue weighted by atomic mass is 10.0. The number of nitrogens with one attached hydrogen (secondary N) is 1. The van der Waals surface area contributed by atoms with E-state index in [1.807, 2.05) is 28.6 Å². The van der Waals surface area contributed by atoms with Gasteiger partial charge in [0.25, 0.3) is 11.5 Å². The second-order valence-electron chi connectivity index (χ2n) is 10.0. The second kappa shape index (κ2) is 10.1. The van der Waals surface area contributed by atoms with Crippen molar-refractivity contribution in [2.45, 2.75) is 32.4 Å².